The maximum absolute atomic E-state index is 9.35. The summed E-state index contributed by atoms with van der Waals surface area (Å²) in [5.74, 6) is 2.84. The molecule has 1 aromatic rings. The van der Waals surface area contributed by atoms with Crippen molar-refractivity contribution in [3.05, 3.63) is 11.9 Å². The standard InChI is InChI=1S/C15H23BN2O2/c1-10-14(16(19)20)8-18(17-10)9-15-5-11-2-12(6-15)4-13(3-11)7-15/h8,11-13,19-20H,2-7,9H2,1H3. The molecule has 4 aliphatic rings. The second-order valence-corrected chi connectivity index (χ2v) is 7.66. The number of aryl methyl sites for hydroxylation is 1. The normalized spacial score (nSPS) is 38.5. The topological polar surface area (TPSA) is 58.3 Å². The van der Waals surface area contributed by atoms with E-state index in [1.165, 1.54) is 38.5 Å². The summed E-state index contributed by atoms with van der Waals surface area (Å²) in [6, 6.07) is 0. The van der Waals surface area contributed by atoms with Gasteiger partial charge in [-0.15, -0.1) is 0 Å². The lowest BCUT2D eigenvalue weighted by Crippen LogP contribution is -2.48. The van der Waals surface area contributed by atoms with Crippen LogP contribution in [0.2, 0.25) is 0 Å². The molecule has 0 spiro atoms. The van der Waals surface area contributed by atoms with Crippen LogP contribution in [0.4, 0.5) is 0 Å². The molecule has 4 aliphatic carbocycles. The maximum atomic E-state index is 9.35. The van der Waals surface area contributed by atoms with E-state index in [0.29, 0.717) is 10.9 Å². The van der Waals surface area contributed by atoms with Crippen molar-refractivity contribution in [2.24, 2.45) is 23.2 Å². The van der Waals surface area contributed by atoms with E-state index in [9.17, 15) is 10.0 Å². The van der Waals surface area contributed by atoms with Crippen molar-refractivity contribution in [3.63, 3.8) is 0 Å². The van der Waals surface area contributed by atoms with Gasteiger partial charge < -0.3 is 10.0 Å². The van der Waals surface area contributed by atoms with Gasteiger partial charge in [-0.2, -0.15) is 5.10 Å². The Morgan fingerprint density at radius 1 is 1.20 bits per heavy atom. The van der Waals surface area contributed by atoms with E-state index >= 15 is 0 Å². The van der Waals surface area contributed by atoms with Gasteiger partial charge in [-0.1, -0.05) is 0 Å². The van der Waals surface area contributed by atoms with Gasteiger partial charge in [0.15, 0.2) is 0 Å². The molecule has 0 aliphatic heterocycles. The fourth-order valence-electron chi connectivity index (χ4n) is 5.70. The molecule has 0 radical (unpaired) electrons. The van der Waals surface area contributed by atoms with Gasteiger partial charge in [0, 0.05) is 18.2 Å². The molecular weight excluding hydrogens is 251 g/mol. The molecule has 20 heavy (non-hydrogen) atoms. The lowest BCUT2D eigenvalue weighted by molar-refractivity contribution is -0.0635. The van der Waals surface area contributed by atoms with Gasteiger partial charge in [0.25, 0.3) is 0 Å². The third-order valence-electron chi connectivity index (χ3n) is 5.92. The number of hydrogen-bond acceptors (Lipinski definition) is 3. The fourth-order valence-corrected chi connectivity index (χ4v) is 5.70. The summed E-state index contributed by atoms with van der Waals surface area (Å²) in [7, 11) is -1.40. The van der Waals surface area contributed by atoms with Crippen LogP contribution < -0.4 is 5.46 Å². The van der Waals surface area contributed by atoms with E-state index < -0.39 is 7.12 Å². The molecule has 5 rings (SSSR count). The summed E-state index contributed by atoms with van der Waals surface area (Å²) < 4.78 is 1.97. The molecule has 4 saturated carbocycles. The highest BCUT2D eigenvalue weighted by atomic mass is 16.4. The van der Waals surface area contributed by atoms with Gasteiger partial charge in [-0.25, -0.2) is 0 Å². The highest BCUT2D eigenvalue weighted by Crippen LogP contribution is 2.60. The Balaban J connectivity index is 1.58. The molecule has 0 unspecified atom stereocenters. The first-order valence-corrected chi connectivity index (χ1v) is 7.93. The molecule has 108 valence electrons. The first-order chi connectivity index (χ1) is 9.53. The average molecular weight is 274 g/mol. The average Bonchev–Trinajstić information content (AvgIpc) is 2.67. The Bertz CT molecular complexity index is 491. The Morgan fingerprint density at radius 3 is 2.20 bits per heavy atom. The van der Waals surface area contributed by atoms with Gasteiger partial charge in [0.2, 0.25) is 0 Å². The minimum absolute atomic E-state index is 0.435. The van der Waals surface area contributed by atoms with E-state index in [-0.39, 0.29) is 0 Å². The fraction of sp³-hybridized carbons (Fsp3) is 0.800. The Labute approximate surface area is 120 Å². The highest BCUT2D eigenvalue weighted by Gasteiger charge is 2.51. The monoisotopic (exact) mass is 274 g/mol. The Kier molecular flexibility index (Phi) is 2.80. The zero-order valence-corrected chi connectivity index (χ0v) is 12.1. The molecule has 0 aromatic carbocycles. The van der Waals surface area contributed by atoms with Crippen LogP contribution in [0.5, 0.6) is 0 Å². The van der Waals surface area contributed by atoms with Crippen molar-refractivity contribution >= 4 is 12.6 Å². The minimum atomic E-state index is -1.40. The van der Waals surface area contributed by atoms with Gasteiger partial charge in [-0.3, -0.25) is 4.68 Å². The summed E-state index contributed by atoms with van der Waals surface area (Å²) in [4.78, 5) is 0. The lowest BCUT2D eigenvalue weighted by Gasteiger charge is -2.56. The summed E-state index contributed by atoms with van der Waals surface area (Å²) in [5, 5.41) is 23.2. The van der Waals surface area contributed by atoms with Crippen LogP contribution in [0, 0.1) is 30.1 Å². The van der Waals surface area contributed by atoms with E-state index in [1.807, 2.05) is 17.8 Å². The van der Waals surface area contributed by atoms with Crippen LogP contribution in [0.15, 0.2) is 6.20 Å². The summed E-state index contributed by atoms with van der Waals surface area (Å²) in [5.41, 5.74) is 1.73. The predicted molar refractivity (Wildman–Crippen MR) is 77.4 cm³/mol. The quantitative estimate of drug-likeness (QED) is 0.811. The van der Waals surface area contributed by atoms with Crippen LogP contribution in [-0.2, 0) is 6.54 Å². The first-order valence-electron chi connectivity index (χ1n) is 7.93. The molecule has 4 fully saturated rings. The van der Waals surface area contributed by atoms with Gasteiger partial charge in [0.05, 0.1) is 5.69 Å². The molecule has 1 aromatic heterocycles. The van der Waals surface area contributed by atoms with Crippen LogP contribution in [0.25, 0.3) is 0 Å². The number of rotatable bonds is 3. The molecular formula is C15H23BN2O2. The molecule has 5 heteroatoms. The molecule has 1 heterocycles. The van der Waals surface area contributed by atoms with Crippen molar-refractivity contribution in [2.75, 3.05) is 0 Å². The SMILES string of the molecule is Cc1nn(CC23CC4CC(CC(C4)C2)C3)cc1B(O)O. The highest BCUT2D eigenvalue weighted by molar-refractivity contribution is 6.59. The minimum Gasteiger partial charge on any atom is -0.423 e. The number of aromatic nitrogens is 2. The van der Waals surface area contributed by atoms with E-state index in [4.69, 9.17) is 0 Å². The van der Waals surface area contributed by atoms with Crippen LogP contribution >= 0.6 is 0 Å². The molecule has 2 N–H and O–H groups in total. The summed E-state index contributed by atoms with van der Waals surface area (Å²) >= 11 is 0. The zero-order valence-electron chi connectivity index (χ0n) is 12.1. The van der Waals surface area contributed by atoms with E-state index in [2.05, 4.69) is 5.10 Å². The molecule has 0 saturated heterocycles. The van der Waals surface area contributed by atoms with Crippen molar-refractivity contribution < 1.29 is 10.0 Å². The van der Waals surface area contributed by atoms with Crippen molar-refractivity contribution in [2.45, 2.75) is 52.0 Å². The molecule has 4 nitrogen and oxygen atoms in total. The van der Waals surface area contributed by atoms with Gasteiger partial charge >= 0.3 is 7.12 Å². The van der Waals surface area contributed by atoms with Crippen molar-refractivity contribution in [3.8, 4) is 0 Å². The first kappa shape index (κ1) is 12.9. The Morgan fingerprint density at radius 2 is 1.75 bits per heavy atom. The smallest absolute Gasteiger partial charge is 0.423 e. The van der Waals surface area contributed by atoms with E-state index in [0.717, 1.165) is 30.0 Å². The van der Waals surface area contributed by atoms with Crippen molar-refractivity contribution in [1.29, 1.82) is 0 Å². The molecule has 0 amide bonds. The van der Waals surface area contributed by atoms with Gasteiger partial charge in [-0.05, 0) is 68.6 Å². The molecule has 4 bridgehead atoms. The summed E-state index contributed by atoms with van der Waals surface area (Å²) in [6.07, 6.45) is 10.3. The summed E-state index contributed by atoms with van der Waals surface area (Å²) in [6.45, 7) is 2.81. The third kappa shape index (κ3) is 2.02. The Hall–Kier alpha value is -0.805. The van der Waals surface area contributed by atoms with Crippen LogP contribution in [0.3, 0.4) is 0 Å². The second kappa shape index (κ2) is 4.34. The second-order valence-electron chi connectivity index (χ2n) is 7.66. The maximum Gasteiger partial charge on any atom is 0.491 e. The predicted octanol–water partition coefficient (Wildman–Crippen LogP) is 1.09. The van der Waals surface area contributed by atoms with Gasteiger partial charge in [0.1, 0.15) is 0 Å². The molecule has 0 atom stereocenters. The number of nitrogens with zero attached hydrogens (tertiary/aromatic N) is 2. The van der Waals surface area contributed by atoms with Crippen LogP contribution in [-0.4, -0.2) is 26.9 Å². The number of hydrogen-bond donors (Lipinski definition) is 2. The third-order valence-corrected chi connectivity index (χ3v) is 5.92. The largest absolute Gasteiger partial charge is 0.491 e. The van der Waals surface area contributed by atoms with E-state index in [1.54, 1.807) is 0 Å². The zero-order chi connectivity index (χ0) is 13.9. The van der Waals surface area contributed by atoms with Crippen LogP contribution in [0.1, 0.15) is 44.2 Å². The lowest BCUT2D eigenvalue weighted by atomic mass is 9.49. The van der Waals surface area contributed by atoms with Crippen molar-refractivity contribution in [1.82, 2.24) is 9.78 Å².